The lowest BCUT2D eigenvalue weighted by Crippen LogP contribution is -2.54. The standard InChI is InChI=1S/C22H38N6O3/c1-15-17(28(22(5,6)30-15)20(29)31-21(2,3)4)14-26-19(23-7)25-13-16-10-11-24-18(12-16)27(8)9/h10-12,15,17H,13-14H2,1-9H3,(H2,23,25,26). The van der Waals surface area contributed by atoms with Crippen LogP contribution in [0, 0.1) is 0 Å². The quantitative estimate of drug-likeness (QED) is 0.544. The maximum Gasteiger partial charge on any atom is 0.412 e. The summed E-state index contributed by atoms with van der Waals surface area (Å²) in [7, 11) is 5.64. The number of nitrogens with one attached hydrogen (secondary N) is 2. The van der Waals surface area contributed by atoms with Crippen LogP contribution in [0.1, 0.15) is 47.1 Å². The van der Waals surface area contributed by atoms with Gasteiger partial charge in [-0.15, -0.1) is 0 Å². The summed E-state index contributed by atoms with van der Waals surface area (Å²) in [5, 5.41) is 6.63. The molecule has 174 valence electrons. The number of anilines is 1. The number of hydrogen-bond acceptors (Lipinski definition) is 6. The third-order valence-corrected chi connectivity index (χ3v) is 4.95. The predicted octanol–water partition coefficient (Wildman–Crippen LogP) is 2.57. The first-order valence-corrected chi connectivity index (χ1v) is 10.6. The van der Waals surface area contributed by atoms with Crippen LogP contribution in [0.5, 0.6) is 0 Å². The van der Waals surface area contributed by atoms with Gasteiger partial charge in [0, 0.05) is 40.4 Å². The lowest BCUT2D eigenvalue weighted by Gasteiger charge is -2.35. The van der Waals surface area contributed by atoms with E-state index in [1.807, 2.05) is 72.7 Å². The minimum absolute atomic E-state index is 0.157. The Bertz CT molecular complexity index is 788. The minimum Gasteiger partial charge on any atom is -0.444 e. The summed E-state index contributed by atoms with van der Waals surface area (Å²) in [6.45, 7) is 12.4. The van der Waals surface area contributed by atoms with Crippen LogP contribution in [0.4, 0.5) is 10.6 Å². The van der Waals surface area contributed by atoms with Crippen LogP contribution in [-0.2, 0) is 16.0 Å². The molecule has 2 rings (SSSR count). The van der Waals surface area contributed by atoms with Crippen LogP contribution >= 0.6 is 0 Å². The Balaban J connectivity index is 2.02. The Morgan fingerprint density at radius 1 is 1.35 bits per heavy atom. The third-order valence-electron chi connectivity index (χ3n) is 4.95. The van der Waals surface area contributed by atoms with E-state index < -0.39 is 11.3 Å². The van der Waals surface area contributed by atoms with Gasteiger partial charge in [0.1, 0.15) is 17.1 Å². The lowest BCUT2D eigenvalue weighted by atomic mass is 10.1. The zero-order valence-electron chi connectivity index (χ0n) is 20.3. The fraction of sp³-hybridized carbons (Fsp3) is 0.682. The van der Waals surface area contributed by atoms with Gasteiger partial charge >= 0.3 is 6.09 Å². The van der Waals surface area contributed by atoms with Crippen LogP contribution in [0.15, 0.2) is 23.3 Å². The summed E-state index contributed by atoms with van der Waals surface area (Å²) in [6.07, 6.45) is 1.25. The van der Waals surface area contributed by atoms with E-state index in [9.17, 15) is 4.79 Å². The van der Waals surface area contributed by atoms with Crippen molar-refractivity contribution in [1.29, 1.82) is 0 Å². The molecular weight excluding hydrogens is 396 g/mol. The first-order chi connectivity index (χ1) is 14.3. The van der Waals surface area contributed by atoms with Gasteiger partial charge in [0.25, 0.3) is 0 Å². The van der Waals surface area contributed by atoms with Gasteiger partial charge in [0.05, 0.1) is 12.1 Å². The van der Waals surface area contributed by atoms with Crippen molar-refractivity contribution in [2.24, 2.45) is 4.99 Å². The summed E-state index contributed by atoms with van der Waals surface area (Å²) >= 11 is 0. The van der Waals surface area contributed by atoms with Crippen molar-refractivity contribution in [2.75, 3.05) is 32.6 Å². The summed E-state index contributed by atoms with van der Waals surface area (Å²) in [5.74, 6) is 1.54. The first-order valence-electron chi connectivity index (χ1n) is 10.6. The van der Waals surface area contributed by atoms with E-state index in [2.05, 4.69) is 20.6 Å². The molecule has 0 bridgehead atoms. The van der Waals surface area contributed by atoms with Gasteiger partial charge in [-0.3, -0.25) is 9.89 Å². The Morgan fingerprint density at radius 3 is 2.61 bits per heavy atom. The highest BCUT2D eigenvalue weighted by atomic mass is 16.6. The molecule has 1 aliphatic heterocycles. The number of pyridine rings is 1. The molecule has 2 heterocycles. The van der Waals surface area contributed by atoms with Gasteiger partial charge in [-0.05, 0) is 59.2 Å². The van der Waals surface area contributed by atoms with Gasteiger partial charge in [-0.25, -0.2) is 9.78 Å². The topological polar surface area (TPSA) is 91.3 Å². The fourth-order valence-electron chi connectivity index (χ4n) is 3.55. The molecule has 31 heavy (non-hydrogen) atoms. The molecule has 1 saturated heterocycles. The van der Waals surface area contributed by atoms with Crippen LogP contribution in [-0.4, -0.2) is 73.1 Å². The summed E-state index contributed by atoms with van der Waals surface area (Å²) in [6, 6.07) is 3.79. The van der Waals surface area contributed by atoms with Gasteiger partial charge in [-0.1, -0.05) is 0 Å². The van der Waals surface area contributed by atoms with Crippen molar-refractivity contribution in [2.45, 2.75) is 71.6 Å². The summed E-state index contributed by atoms with van der Waals surface area (Å²) < 4.78 is 11.7. The van der Waals surface area contributed by atoms with Crippen molar-refractivity contribution < 1.29 is 14.3 Å². The van der Waals surface area contributed by atoms with E-state index in [1.165, 1.54) is 0 Å². The number of guanidine groups is 1. The van der Waals surface area contributed by atoms with Gasteiger partial charge in [-0.2, -0.15) is 0 Å². The number of aliphatic imine (C=N–C) groups is 1. The molecule has 2 atom stereocenters. The Labute approximate surface area is 186 Å². The number of carbonyl (C=O) groups is 1. The van der Waals surface area contributed by atoms with E-state index in [1.54, 1.807) is 18.1 Å². The van der Waals surface area contributed by atoms with Crippen molar-refractivity contribution in [3.63, 3.8) is 0 Å². The van der Waals surface area contributed by atoms with Crippen LogP contribution < -0.4 is 15.5 Å². The lowest BCUT2D eigenvalue weighted by molar-refractivity contribution is -0.0755. The van der Waals surface area contributed by atoms with E-state index in [-0.39, 0.29) is 18.2 Å². The second kappa shape index (κ2) is 9.72. The zero-order valence-corrected chi connectivity index (χ0v) is 20.3. The summed E-state index contributed by atoms with van der Waals surface area (Å²) in [5.41, 5.74) is -0.245. The Kier molecular flexibility index (Phi) is 7.75. The molecule has 1 aromatic heterocycles. The molecule has 9 nitrogen and oxygen atoms in total. The number of amides is 1. The van der Waals surface area contributed by atoms with Crippen molar-refractivity contribution in [3.05, 3.63) is 23.9 Å². The summed E-state index contributed by atoms with van der Waals surface area (Å²) in [4.78, 5) is 25.2. The molecule has 1 amide bonds. The molecule has 0 radical (unpaired) electrons. The van der Waals surface area contributed by atoms with Crippen LogP contribution in [0.3, 0.4) is 0 Å². The Hall–Kier alpha value is -2.55. The highest BCUT2D eigenvalue weighted by Gasteiger charge is 2.49. The van der Waals surface area contributed by atoms with E-state index in [0.29, 0.717) is 19.0 Å². The largest absolute Gasteiger partial charge is 0.444 e. The minimum atomic E-state index is -0.759. The number of nitrogens with zero attached hydrogens (tertiary/aromatic N) is 4. The molecule has 1 aliphatic rings. The number of rotatable bonds is 5. The highest BCUT2D eigenvalue weighted by molar-refractivity contribution is 5.79. The smallest absolute Gasteiger partial charge is 0.412 e. The normalized spacial score (nSPS) is 21.1. The zero-order chi connectivity index (χ0) is 23.4. The third kappa shape index (κ3) is 6.72. The molecule has 2 N–H and O–H groups in total. The van der Waals surface area contributed by atoms with Gasteiger partial charge in [0.2, 0.25) is 0 Å². The molecule has 1 aromatic rings. The fourth-order valence-corrected chi connectivity index (χ4v) is 3.55. The highest BCUT2D eigenvalue weighted by Crippen LogP contribution is 2.33. The van der Waals surface area contributed by atoms with E-state index >= 15 is 0 Å². The van der Waals surface area contributed by atoms with Crippen LogP contribution in [0.25, 0.3) is 0 Å². The number of aromatic nitrogens is 1. The van der Waals surface area contributed by atoms with Crippen LogP contribution in [0.2, 0.25) is 0 Å². The first kappa shape index (κ1) is 24.7. The maximum absolute atomic E-state index is 12.9. The molecule has 9 heteroatoms. The number of carbonyl (C=O) groups excluding carboxylic acids is 1. The molecule has 0 spiro atoms. The average Bonchev–Trinajstić information content (AvgIpc) is 2.88. The molecule has 2 unspecified atom stereocenters. The van der Waals surface area contributed by atoms with Gasteiger partial charge < -0.3 is 25.0 Å². The number of ether oxygens (including phenoxy) is 2. The molecular formula is C22H38N6O3. The number of hydrogen-bond donors (Lipinski definition) is 2. The second-order valence-corrected chi connectivity index (χ2v) is 9.41. The van der Waals surface area contributed by atoms with Gasteiger partial charge in [0.15, 0.2) is 5.96 Å². The van der Waals surface area contributed by atoms with Crippen molar-refractivity contribution in [1.82, 2.24) is 20.5 Å². The molecule has 0 aliphatic carbocycles. The average molecular weight is 435 g/mol. The van der Waals surface area contributed by atoms with Crippen molar-refractivity contribution in [3.8, 4) is 0 Å². The van der Waals surface area contributed by atoms with E-state index in [4.69, 9.17) is 9.47 Å². The second-order valence-electron chi connectivity index (χ2n) is 9.41. The molecule has 1 fully saturated rings. The Morgan fingerprint density at radius 2 is 2.03 bits per heavy atom. The monoisotopic (exact) mass is 434 g/mol. The van der Waals surface area contributed by atoms with Crippen molar-refractivity contribution >= 4 is 17.9 Å². The molecule has 0 aromatic carbocycles. The van der Waals surface area contributed by atoms with E-state index in [0.717, 1.165) is 11.4 Å². The molecule has 0 saturated carbocycles. The predicted molar refractivity (Wildman–Crippen MR) is 123 cm³/mol. The SMILES string of the molecule is CN=C(NCc1ccnc(N(C)C)c1)NCC1C(C)OC(C)(C)N1C(=O)OC(C)(C)C. The maximum atomic E-state index is 12.9.